The molecule has 0 aromatic carbocycles. The fourth-order valence-corrected chi connectivity index (χ4v) is 11.5. The minimum atomic E-state index is -0.523. The Morgan fingerprint density at radius 1 is 0.930 bits per heavy atom. The van der Waals surface area contributed by atoms with E-state index in [4.69, 9.17) is 9.47 Å². The molecule has 0 aromatic heterocycles. The van der Waals surface area contributed by atoms with Crippen LogP contribution in [0.3, 0.4) is 0 Å². The fourth-order valence-electron chi connectivity index (χ4n) is 11.5. The Balaban J connectivity index is 1.46. The lowest BCUT2D eigenvalue weighted by molar-refractivity contribution is -0.210. The Labute approximate surface area is 261 Å². The van der Waals surface area contributed by atoms with Crippen LogP contribution in [0.15, 0.2) is 11.6 Å². The van der Waals surface area contributed by atoms with Crippen molar-refractivity contribution in [2.45, 2.75) is 126 Å². The van der Waals surface area contributed by atoms with E-state index in [2.05, 4.69) is 59.4 Å². The van der Waals surface area contributed by atoms with E-state index in [1.807, 2.05) is 14.1 Å². The van der Waals surface area contributed by atoms with Gasteiger partial charge in [0.25, 0.3) is 0 Å². The molecule has 0 aromatic rings. The zero-order valence-electron chi connectivity index (χ0n) is 28.9. The molecule has 0 saturated heterocycles. The molecule has 6 nitrogen and oxygen atoms in total. The average Bonchev–Trinajstić information content (AvgIpc) is 2.90. The fraction of sp³-hybridized carbons (Fsp3) is 0.865. The van der Waals surface area contributed by atoms with E-state index < -0.39 is 5.41 Å². The van der Waals surface area contributed by atoms with Gasteiger partial charge in [-0.3, -0.25) is 14.4 Å². The van der Waals surface area contributed by atoms with E-state index in [-0.39, 0.29) is 57.0 Å². The smallest absolute Gasteiger partial charge is 0.311 e. The summed E-state index contributed by atoms with van der Waals surface area (Å²) in [5.41, 5.74) is 0.337. The van der Waals surface area contributed by atoms with Gasteiger partial charge >= 0.3 is 11.9 Å². The van der Waals surface area contributed by atoms with Crippen LogP contribution in [0, 0.1) is 50.2 Å². The van der Waals surface area contributed by atoms with Crippen molar-refractivity contribution in [3.8, 4) is 0 Å². The second kappa shape index (κ2) is 10.7. The molecule has 4 fully saturated rings. The van der Waals surface area contributed by atoms with Crippen LogP contribution >= 0.6 is 0 Å². The number of hydrogen-bond acceptors (Lipinski definition) is 6. The van der Waals surface area contributed by atoms with Crippen molar-refractivity contribution in [3.05, 3.63) is 11.6 Å². The highest BCUT2D eigenvalue weighted by atomic mass is 16.5. The lowest BCUT2D eigenvalue weighted by atomic mass is 9.33. The van der Waals surface area contributed by atoms with Crippen molar-refractivity contribution >= 4 is 17.7 Å². The highest BCUT2D eigenvalue weighted by molar-refractivity contribution is 5.95. The van der Waals surface area contributed by atoms with Crippen molar-refractivity contribution in [2.75, 3.05) is 27.2 Å². The van der Waals surface area contributed by atoms with Gasteiger partial charge in [-0.2, -0.15) is 0 Å². The molecule has 0 unspecified atom stereocenters. The van der Waals surface area contributed by atoms with Gasteiger partial charge in [0.05, 0.1) is 12.0 Å². The normalized spacial score (nSPS) is 45.2. The molecule has 9 atom stereocenters. The van der Waals surface area contributed by atoms with Crippen LogP contribution in [0.25, 0.3) is 0 Å². The van der Waals surface area contributed by atoms with Crippen LogP contribution in [-0.2, 0) is 23.9 Å². The van der Waals surface area contributed by atoms with Crippen molar-refractivity contribution in [1.29, 1.82) is 0 Å². The van der Waals surface area contributed by atoms with Gasteiger partial charge in [-0.25, -0.2) is 0 Å². The summed E-state index contributed by atoms with van der Waals surface area (Å²) in [5, 5.41) is 0. The van der Waals surface area contributed by atoms with Crippen LogP contribution in [0.1, 0.15) is 120 Å². The maximum atomic E-state index is 14.6. The molecule has 0 heterocycles. The van der Waals surface area contributed by atoms with Crippen LogP contribution in [-0.4, -0.2) is 56.0 Å². The van der Waals surface area contributed by atoms with Gasteiger partial charge < -0.3 is 14.4 Å². The Kier molecular flexibility index (Phi) is 8.13. The number of allylic oxidation sites excluding steroid dienone is 2. The zero-order valence-corrected chi connectivity index (χ0v) is 28.9. The summed E-state index contributed by atoms with van der Waals surface area (Å²) in [6, 6.07) is 0. The van der Waals surface area contributed by atoms with Gasteiger partial charge in [0, 0.05) is 24.8 Å². The van der Waals surface area contributed by atoms with E-state index in [0.29, 0.717) is 18.3 Å². The van der Waals surface area contributed by atoms with Crippen LogP contribution < -0.4 is 0 Å². The minimum absolute atomic E-state index is 0.0500. The molecule has 5 rings (SSSR count). The standard InChI is InChI=1S/C37H59NO5/c1-24(39)43-29-13-14-35(6)28(32(29,2)3)12-15-37(8)30(35)27(40)22-25-26-23-34(5,31(41)42-21-11-20-38(9)10)17-16-33(26,4)18-19-36(25,37)7/h22,26,28-30H,11-21,23H2,1-10H3/t26-,28+,29+,30+,33-,34+,35+,36+,37+/m0/s1. The molecule has 4 saturated carbocycles. The molecule has 5 aliphatic carbocycles. The van der Waals surface area contributed by atoms with Crippen LogP contribution in [0.4, 0.5) is 0 Å². The molecule has 0 amide bonds. The molecule has 43 heavy (non-hydrogen) atoms. The summed E-state index contributed by atoms with van der Waals surface area (Å²) >= 11 is 0. The first-order valence-corrected chi connectivity index (χ1v) is 17.1. The highest BCUT2D eigenvalue weighted by Gasteiger charge is 2.70. The Hall–Kier alpha value is -1.69. The number of ether oxygens (including phenoxy) is 2. The van der Waals surface area contributed by atoms with E-state index in [1.165, 1.54) is 12.5 Å². The molecule has 0 radical (unpaired) electrons. The second-order valence-corrected chi connectivity index (χ2v) is 17.5. The van der Waals surface area contributed by atoms with E-state index in [9.17, 15) is 14.4 Å². The van der Waals surface area contributed by atoms with Gasteiger partial charge in [-0.05, 0) is 125 Å². The van der Waals surface area contributed by atoms with E-state index in [1.54, 1.807) is 0 Å². The molecule has 0 bridgehead atoms. The first kappa shape index (κ1) is 32.7. The monoisotopic (exact) mass is 597 g/mol. The van der Waals surface area contributed by atoms with Gasteiger partial charge in [-0.15, -0.1) is 0 Å². The maximum absolute atomic E-state index is 14.6. The number of rotatable bonds is 6. The number of carbonyl (C=O) groups is 3. The molecule has 242 valence electrons. The number of esters is 2. The quantitative estimate of drug-likeness (QED) is 0.235. The third-order valence-electron chi connectivity index (χ3n) is 14.3. The summed E-state index contributed by atoms with van der Waals surface area (Å²) < 4.78 is 11.7. The Morgan fingerprint density at radius 3 is 2.26 bits per heavy atom. The third kappa shape index (κ3) is 4.95. The number of carbonyl (C=O) groups excluding carboxylic acids is 3. The van der Waals surface area contributed by atoms with Crippen molar-refractivity contribution in [2.24, 2.45) is 50.2 Å². The SMILES string of the molecule is CC(=O)O[C@@H]1CC[C@]2(C)[C@H](CC[C@]3(C)[C@@H]2C(=O)C=C2[C@@H]4C[C@](C)(C(=O)OCCCN(C)C)CC[C@@]4(C)CC[C@]23C)C1(C)C. The summed E-state index contributed by atoms with van der Waals surface area (Å²) in [7, 11) is 4.08. The van der Waals surface area contributed by atoms with Crippen LogP contribution in [0.2, 0.25) is 0 Å². The molecule has 0 N–H and O–H groups in total. The summed E-state index contributed by atoms with van der Waals surface area (Å²) in [4.78, 5) is 42.2. The Bertz CT molecular complexity index is 1190. The third-order valence-corrected chi connectivity index (χ3v) is 14.3. The van der Waals surface area contributed by atoms with Crippen molar-refractivity contribution < 1.29 is 23.9 Å². The maximum Gasteiger partial charge on any atom is 0.311 e. The number of fused-ring (bicyclic) bond motifs is 7. The Morgan fingerprint density at radius 2 is 1.60 bits per heavy atom. The first-order chi connectivity index (χ1) is 19.8. The summed E-state index contributed by atoms with van der Waals surface area (Å²) in [5.74, 6) is 0.499. The van der Waals surface area contributed by atoms with Crippen LogP contribution in [0.5, 0.6) is 0 Å². The summed E-state index contributed by atoms with van der Waals surface area (Å²) in [6.45, 7) is 19.2. The molecule has 5 aliphatic rings. The zero-order chi connectivity index (χ0) is 31.8. The first-order valence-electron chi connectivity index (χ1n) is 17.1. The van der Waals surface area contributed by atoms with Gasteiger partial charge in [0.2, 0.25) is 0 Å². The molecular weight excluding hydrogens is 538 g/mol. The lowest BCUT2D eigenvalue weighted by Gasteiger charge is -2.70. The number of nitrogens with zero attached hydrogens (tertiary/aromatic N) is 1. The predicted octanol–water partition coefficient (Wildman–Crippen LogP) is 7.39. The van der Waals surface area contributed by atoms with Crippen molar-refractivity contribution in [1.82, 2.24) is 4.90 Å². The van der Waals surface area contributed by atoms with Gasteiger partial charge in [0.1, 0.15) is 6.10 Å². The summed E-state index contributed by atoms with van der Waals surface area (Å²) in [6.07, 6.45) is 11.4. The number of ketones is 1. The largest absolute Gasteiger partial charge is 0.465 e. The predicted molar refractivity (Wildman–Crippen MR) is 169 cm³/mol. The van der Waals surface area contributed by atoms with E-state index in [0.717, 1.165) is 70.8 Å². The van der Waals surface area contributed by atoms with E-state index >= 15 is 0 Å². The minimum Gasteiger partial charge on any atom is -0.465 e. The van der Waals surface area contributed by atoms with Gasteiger partial charge in [0.15, 0.2) is 5.78 Å². The van der Waals surface area contributed by atoms with Gasteiger partial charge in [-0.1, -0.05) is 47.1 Å². The molecule has 0 spiro atoms. The lowest BCUT2D eigenvalue weighted by Crippen LogP contribution is -2.66. The second-order valence-electron chi connectivity index (χ2n) is 17.5. The molecule has 6 heteroatoms. The topological polar surface area (TPSA) is 72.9 Å². The average molecular weight is 598 g/mol. The molecule has 0 aliphatic heterocycles. The van der Waals surface area contributed by atoms with Crippen molar-refractivity contribution in [3.63, 3.8) is 0 Å². The highest BCUT2D eigenvalue weighted by Crippen LogP contribution is 2.75. The molecular formula is C37H59NO5. The number of hydrogen-bond donors (Lipinski definition) is 0.